The molecule has 1 saturated heterocycles. The quantitative estimate of drug-likeness (QED) is 0.825. The Hall–Kier alpha value is -2.15. The molecule has 0 N–H and O–H groups in total. The van der Waals surface area contributed by atoms with E-state index in [1.165, 1.54) is 11.3 Å². The second kappa shape index (κ2) is 6.23. The number of fused-ring (bicyclic) bond motifs is 1. The van der Waals surface area contributed by atoms with Crippen molar-refractivity contribution in [3.05, 3.63) is 41.6 Å². The van der Waals surface area contributed by atoms with Crippen LogP contribution < -0.4 is 9.80 Å². The van der Waals surface area contributed by atoms with Crippen LogP contribution in [0.25, 0.3) is 0 Å². The van der Waals surface area contributed by atoms with E-state index in [1.807, 2.05) is 31.0 Å². The number of aryl methyl sites for hydroxylation is 1. The number of hydrogen-bond acceptors (Lipinski definition) is 6. The van der Waals surface area contributed by atoms with Gasteiger partial charge in [0.05, 0.1) is 11.5 Å². The van der Waals surface area contributed by atoms with Crippen LogP contribution in [0.3, 0.4) is 0 Å². The summed E-state index contributed by atoms with van der Waals surface area (Å²) in [5.74, 6) is 1.90. The van der Waals surface area contributed by atoms with Crippen LogP contribution in [0.15, 0.2) is 30.3 Å². The highest BCUT2D eigenvalue weighted by Crippen LogP contribution is 2.38. The summed E-state index contributed by atoms with van der Waals surface area (Å²) in [5, 5.41) is 0. The molecular weight excluding hydrogens is 348 g/mol. The van der Waals surface area contributed by atoms with Crippen LogP contribution >= 0.6 is 0 Å². The van der Waals surface area contributed by atoms with Gasteiger partial charge in [0.2, 0.25) is 5.95 Å². The fourth-order valence-electron chi connectivity index (χ4n) is 3.98. The number of nitrogens with zero attached hydrogens (tertiary/aromatic N) is 4. The van der Waals surface area contributed by atoms with Gasteiger partial charge in [-0.15, -0.1) is 0 Å². The third-order valence-corrected chi connectivity index (χ3v) is 7.10. The normalized spacial score (nSPS) is 23.9. The molecule has 26 heavy (non-hydrogen) atoms. The summed E-state index contributed by atoms with van der Waals surface area (Å²) in [7, 11) is -1.05. The Morgan fingerprint density at radius 1 is 1.23 bits per heavy atom. The summed E-state index contributed by atoms with van der Waals surface area (Å²) in [6.45, 7) is 4.16. The number of hydrogen-bond donors (Lipinski definition) is 0. The molecule has 1 aromatic heterocycles. The predicted molar refractivity (Wildman–Crippen MR) is 104 cm³/mol. The highest BCUT2D eigenvalue weighted by Gasteiger charge is 2.33. The Kier molecular flexibility index (Phi) is 4.14. The van der Waals surface area contributed by atoms with Crippen LogP contribution in [0.4, 0.5) is 17.5 Å². The Balaban J connectivity index is 1.69. The molecule has 0 radical (unpaired) electrons. The summed E-state index contributed by atoms with van der Waals surface area (Å²) < 4.78 is 23.6. The van der Waals surface area contributed by atoms with Crippen molar-refractivity contribution in [1.82, 2.24) is 9.97 Å². The molecule has 0 spiro atoms. The van der Waals surface area contributed by atoms with Crippen LogP contribution in [-0.4, -0.2) is 49.0 Å². The molecule has 1 aromatic carbocycles. The molecule has 2 unspecified atom stereocenters. The minimum absolute atomic E-state index is 0.0575. The lowest BCUT2D eigenvalue weighted by atomic mass is 10.1. The maximum Gasteiger partial charge on any atom is 0.227 e. The van der Waals surface area contributed by atoms with Crippen LogP contribution in [0.5, 0.6) is 0 Å². The van der Waals surface area contributed by atoms with Crippen molar-refractivity contribution in [2.45, 2.75) is 38.8 Å². The lowest BCUT2D eigenvalue weighted by Crippen LogP contribution is -2.34. The number of sulfone groups is 1. The van der Waals surface area contributed by atoms with Gasteiger partial charge < -0.3 is 9.80 Å². The lowest BCUT2D eigenvalue weighted by Gasteiger charge is -2.28. The zero-order valence-corrected chi connectivity index (χ0v) is 16.2. The molecule has 1 fully saturated rings. The van der Waals surface area contributed by atoms with E-state index in [0.29, 0.717) is 18.4 Å². The summed E-state index contributed by atoms with van der Waals surface area (Å²) in [6, 6.07) is 10.7. The van der Waals surface area contributed by atoms with Crippen LogP contribution in [-0.2, 0) is 16.3 Å². The number of benzene rings is 1. The summed E-state index contributed by atoms with van der Waals surface area (Å²) >= 11 is 0. The number of para-hydroxylation sites is 1. The topological polar surface area (TPSA) is 66.4 Å². The molecule has 7 heteroatoms. The van der Waals surface area contributed by atoms with Crippen LogP contribution in [0.2, 0.25) is 0 Å². The van der Waals surface area contributed by atoms with Gasteiger partial charge in [0, 0.05) is 36.6 Å². The van der Waals surface area contributed by atoms with E-state index in [0.717, 1.165) is 17.9 Å². The molecule has 0 saturated carbocycles. The molecule has 4 rings (SSSR count). The van der Waals surface area contributed by atoms with Crippen molar-refractivity contribution in [2.24, 2.45) is 0 Å². The molecule has 2 aromatic rings. The van der Waals surface area contributed by atoms with E-state index in [-0.39, 0.29) is 17.5 Å². The van der Waals surface area contributed by atoms with Crippen LogP contribution in [0.1, 0.15) is 24.6 Å². The predicted octanol–water partition coefficient (Wildman–Crippen LogP) is 2.49. The van der Waals surface area contributed by atoms with Crippen molar-refractivity contribution < 1.29 is 8.42 Å². The second-order valence-electron chi connectivity index (χ2n) is 7.39. The van der Waals surface area contributed by atoms with E-state index in [4.69, 9.17) is 4.98 Å². The molecule has 138 valence electrons. The third kappa shape index (κ3) is 3.05. The number of aromatic nitrogens is 2. The maximum absolute atomic E-state index is 11.8. The van der Waals surface area contributed by atoms with Crippen molar-refractivity contribution >= 4 is 27.3 Å². The molecule has 2 aliphatic heterocycles. The smallest absolute Gasteiger partial charge is 0.227 e. The molecule has 3 heterocycles. The van der Waals surface area contributed by atoms with Crippen LogP contribution in [0, 0.1) is 6.92 Å². The van der Waals surface area contributed by atoms with Crippen molar-refractivity contribution in [3.63, 3.8) is 0 Å². The van der Waals surface area contributed by atoms with Crippen molar-refractivity contribution in [2.75, 3.05) is 28.4 Å². The highest BCUT2D eigenvalue weighted by molar-refractivity contribution is 7.91. The fraction of sp³-hybridized carbons (Fsp3) is 0.474. The second-order valence-corrected chi connectivity index (χ2v) is 9.62. The first-order valence-electron chi connectivity index (χ1n) is 9.00. The maximum atomic E-state index is 11.8. The van der Waals surface area contributed by atoms with Crippen molar-refractivity contribution in [1.29, 1.82) is 0 Å². The monoisotopic (exact) mass is 372 g/mol. The molecule has 6 nitrogen and oxygen atoms in total. The minimum atomic E-state index is -2.94. The Morgan fingerprint density at radius 3 is 2.73 bits per heavy atom. The molecule has 0 bridgehead atoms. The standard InChI is InChI=1S/C19H24N4O2S/c1-13-10-18(23-14(2)11-15-6-4-5-7-17(15)23)21-19(20-13)22(3)16-8-9-26(24,25)12-16/h4-7,10,14,16H,8-9,11-12H2,1-3H3. The third-order valence-electron chi connectivity index (χ3n) is 5.35. The van der Waals surface area contributed by atoms with Gasteiger partial charge in [0.15, 0.2) is 9.84 Å². The van der Waals surface area contributed by atoms with E-state index >= 15 is 0 Å². The lowest BCUT2D eigenvalue weighted by molar-refractivity contribution is 0.600. The molecule has 2 aliphatic rings. The Labute approximate surface area is 154 Å². The summed E-state index contributed by atoms with van der Waals surface area (Å²) in [5.41, 5.74) is 3.40. The Bertz CT molecular complexity index is 944. The van der Waals surface area contributed by atoms with Gasteiger partial charge in [-0.25, -0.2) is 13.4 Å². The SMILES string of the molecule is Cc1cc(N2c3ccccc3CC2C)nc(N(C)C2CCS(=O)(=O)C2)n1. The molecule has 0 aliphatic carbocycles. The first kappa shape index (κ1) is 17.3. The van der Waals surface area contributed by atoms with Gasteiger partial charge in [0.25, 0.3) is 0 Å². The van der Waals surface area contributed by atoms with Gasteiger partial charge in [0.1, 0.15) is 5.82 Å². The van der Waals surface area contributed by atoms with Gasteiger partial charge in [-0.1, -0.05) is 18.2 Å². The minimum Gasteiger partial charge on any atom is -0.340 e. The van der Waals surface area contributed by atoms with E-state index < -0.39 is 9.84 Å². The van der Waals surface area contributed by atoms with E-state index in [9.17, 15) is 8.42 Å². The zero-order valence-electron chi connectivity index (χ0n) is 15.4. The highest BCUT2D eigenvalue weighted by atomic mass is 32.2. The largest absolute Gasteiger partial charge is 0.340 e. The van der Waals surface area contributed by atoms with Crippen molar-refractivity contribution in [3.8, 4) is 0 Å². The van der Waals surface area contributed by atoms with Gasteiger partial charge >= 0.3 is 0 Å². The summed E-state index contributed by atoms with van der Waals surface area (Å²) in [6.07, 6.45) is 1.62. The molecular formula is C19H24N4O2S. The van der Waals surface area contributed by atoms with E-state index in [1.54, 1.807) is 0 Å². The fourth-order valence-corrected chi connectivity index (χ4v) is 5.75. The molecule has 0 amide bonds. The number of rotatable bonds is 3. The zero-order chi connectivity index (χ0) is 18.5. The Morgan fingerprint density at radius 2 is 2.00 bits per heavy atom. The van der Waals surface area contributed by atoms with Gasteiger partial charge in [-0.05, 0) is 38.3 Å². The summed E-state index contributed by atoms with van der Waals surface area (Å²) in [4.78, 5) is 13.6. The average molecular weight is 372 g/mol. The van der Waals surface area contributed by atoms with E-state index in [2.05, 4.69) is 35.0 Å². The average Bonchev–Trinajstić information content (AvgIpc) is 3.12. The van der Waals surface area contributed by atoms with Gasteiger partial charge in [-0.3, -0.25) is 0 Å². The van der Waals surface area contributed by atoms with Gasteiger partial charge in [-0.2, -0.15) is 4.98 Å². The first-order valence-corrected chi connectivity index (χ1v) is 10.8. The first-order chi connectivity index (χ1) is 12.3. The number of anilines is 3. The molecule has 2 atom stereocenters.